The molecule has 0 radical (unpaired) electrons. The fourth-order valence-electron chi connectivity index (χ4n) is 2.08. The highest BCUT2D eigenvalue weighted by molar-refractivity contribution is 5.82. The minimum absolute atomic E-state index is 0.471. The second-order valence-electron chi connectivity index (χ2n) is 4.88. The molecule has 3 nitrogen and oxygen atoms in total. The molecule has 1 heterocycles. The largest absolute Gasteiger partial charge is 0.497 e. The number of hydrogen-bond acceptors (Lipinski definition) is 2. The molecule has 0 unspecified atom stereocenters. The average Bonchev–Trinajstić information content (AvgIpc) is 2.78. The van der Waals surface area contributed by atoms with Crippen LogP contribution in [0.4, 0.5) is 5.69 Å². The van der Waals surface area contributed by atoms with Crippen LogP contribution in [0.3, 0.4) is 0 Å². The van der Waals surface area contributed by atoms with Gasteiger partial charge in [-0.05, 0) is 39.0 Å². The maximum Gasteiger partial charge on any atom is 0.121 e. The maximum atomic E-state index is 5.18. The molecule has 0 aliphatic rings. The van der Waals surface area contributed by atoms with Crippen LogP contribution in [-0.4, -0.2) is 17.9 Å². The molecule has 0 aliphatic carbocycles. The van der Waals surface area contributed by atoms with Gasteiger partial charge in [-0.3, -0.25) is 4.99 Å². The van der Waals surface area contributed by atoms with Crippen LogP contribution >= 0.6 is 0 Å². The molecule has 0 saturated heterocycles. The number of rotatable bonds is 4. The zero-order valence-electron chi connectivity index (χ0n) is 11.9. The molecule has 0 amide bonds. The summed E-state index contributed by atoms with van der Waals surface area (Å²) in [6, 6.07) is 10.4. The molecule has 0 aliphatic heterocycles. The van der Waals surface area contributed by atoms with Crippen molar-refractivity contribution in [1.82, 2.24) is 4.57 Å². The summed E-state index contributed by atoms with van der Waals surface area (Å²) in [5.74, 6) is 0.825. The number of aromatic nitrogens is 1. The van der Waals surface area contributed by atoms with Crippen molar-refractivity contribution < 1.29 is 4.74 Å². The monoisotopic (exact) mass is 256 g/mol. The molecule has 0 saturated carbocycles. The molecule has 3 heteroatoms. The highest BCUT2D eigenvalue weighted by atomic mass is 16.5. The van der Waals surface area contributed by atoms with Crippen molar-refractivity contribution in [2.45, 2.75) is 26.8 Å². The second kappa shape index (κ2) is 5.74. The molecule has 100 valence electrons. The van der Waals surface area contributed by atoms with Crippen molar-refractivity contribution in [1.29, 1.82) is 0 Å². The average molecular weight is 256 g/mol. The van der Waals surface area contributed by atoms with E-state index in [4.69, 9.17) is 4.74 Å². The summed E-state index contributed by atoms with van der Waals surface area (Å²) in [6.07, 6.45) is 4.02. The van der Waals surface area contributed by atoms with E-state index in [0.717, 1.165) is 17.0 Å². The molecule has 0 bridgehead atoms. The summed E-state index contributed by atoms with van der Waals surface area (Å²) in [7, 11) is 1.66. The predicted octanol–water partition coefficient (Wildman–Crippen LogP) is 4.14. The van der Waals surface area contributed by atoms with Crippen LogP contribution in [0, 0.1) is 6.92 Å². The highest BCUT2D eigenvalue weighted by Crippen LogP contribution is 2.20. The van der Waals surface area contributed by atoms with Crippen molar-refractivity contribution >= 4 is 11.9 Å². The van der Waals surface area contributed by atoms with Gasteiger partial charge in [0.1, 0.15) is 5.75 Å². The molecular formula is C16H20N2O. The van der Waals surface area contributed by atoms with Crippen LogP contribution in [0.25, 0.3) is 0 Å². The third kappa shape index (κ3) is 3.25. The van der Waals surface area contributed by atoms with Crippen LogP contribution in [-0.2, 0) is 0 Å². The van der Waals surface area contributed by atoms with Gasteiger partial charge in [0.15, 0.2) is 0 Å². The van der Waals surface area contributed by atoms with Crippen LogP contribution in [0.2, 0.25) is 0 Å². The fraction of sp³-hybridized carbons (Fsp3) is 0.312. The number of methoxy groups -OCH3 is 1. The Balaban J connectivity index is 2.20. The van der Waals surface area contributed by atoms with E-state index < -0.39 is 0 Å². The summed E-state index contributed by atoms with van der Waals surface area (Å²) in [5.41, 5.74) is 3.27. The van der Waals surface area contributed by atoms with Crippen LogP contribution in [0.15, 0.2) is 41.5 Å². The van der Waals surface area contributed by atoms with E-state index in [9.17, 15) is 0 Å². The second-order valence-corrected chi connectivity index (χ2v) is 4.88. The van der Waals surface area contributed by atoms with E-state index in [1.54, 1.807) is 7.11 Å². The Labute approximate surface area is 114 Å². The Morgan fingerprint density at radius 3 is 2.68 bits per heavy atom. The molecule has 0 N–H and O–H groups in total. The highest BCUT2D eigenvalue weighted by Gasteiger charge is 2.03. The summed E-state index contributed by atoms with van der Waals surface area (Å²) in [4.78, 5) is 4.48. The first kappa shape index (κ1) is 13.4. The first-order valence-corrected chi connectivity index (χ1v) is 6.46. The number of nitrogens with zero attached hydrogens (tertiary/aromatic N) is 2. The van der Waals surface area contributed by atoms with Gasteiger partial charge in [0, 0.05) is 35.8 Å². The number of ether oxygens (including phenoxy) is 1. The fourth-order valence-corrected chi connectivity index (χ4v) is 2.08. The smallest absolute Gasteiger partial charge is 0.121 e. The minimum atomic E-state index is 0.471. The summed E-state index contributed by atoms with van der Waals surface area (Å²) in [6.45, 7) is 6.47. The number of aryl methyl sites for hydroxylation is 1. The molecule has 2 aromatic rings. The van der Waals surface area contributed by atoms with Gasteiger partial charge < -0.3 is 9.30 Å². The van der Waals surface area contributed by atoms with Gasteiger partial charge in [0.05, 0.1) is 12.8 Å². The van der Waals surface area contributed by atoms with Crippen molar-refractivity contribution in [2.75, 3.05) is 7.11 Å². The van der Waals surface area contributed by atoms with E-state index in [0.29, 0.717) is 6.04 Å². The van der Waals surface area contributed by atoms with Gasteiger partial charge in [0.25, 0.3) is 0 Å². The zero-order chi connectivity index (χ0) is 13.8. The Morgan fingerprint density at radius 2 is 2.05 bits per heavy atom. The SMILES string of the molecule is COc1cccc(N=Cc2cc(C)n(C(C)C)c2)c1. The first-order chi connectivity index (χ1) is 9.10. The summed E-state index contributed by atoms with van der Waals surface area (Å²) < 4.78 is 7.43. The lowest BCUT2D eigenvalue weighted by atomic mass is 10.3. The third-order valence-electron chi connectivity index (χ3n) is 3.04. The summed E-state index contributed by atoms with van der Waals surface area (Å²) in [5, 5.41) is 0. The first-order valence-electron chi connectivity index (χ1n) is 6.46. The minimum Gasteiger partial charge on any atom is -0.497 e. The maximum absolute atomic E-state index is 5.18. The molecule has 0 spiro atoms. The van der Waals surface area contributed by atoms with Crippen molar-refractivity contribution in [3.05, 3.63) is 47.8 Å². The lowest BCUT2D eigenvalue weighted by Crippen LogP contribution is -2.00. The number of benzene rings is 1. The number of hydrogen-bond donors (Lipinski definition) is 0. The number of aliphatic imine (C=N–C) groups is 1. The Hall–Kier alpha value is -2.03. The van der Waals surface area contributed by atoms with Gasteiger partial charge in [-0.2, -0.15) is 0 Å². The van der Waals surface area contributed by atoms with Crippen LogP contribution in [0.5, 0.6) is 5.75 Å². The molecule has 0 atom stereocenters. The van der Waals surface area contributed by atoms with Gasteiger partial charge >= 0.3 is 0 Å². The molecule has 1 aromatic carbocycles. The Kier molecular flexibility index (Phi) is 4.05. The summed E-state index contributed by atoms with van der Waals surface area (Å²) >= 11 is 0. The van der Waals surface area contributed by atoms with Crippen molar-refractivity contribution in [3.8, 4) is 5.75 Å². The van der Waals surface area contributed by atoms with Gasteiger partial charge in [-0.25, -0.2) is 0 Å². The van der Waals surface area contributed by atoms with Crippen molar-refractivity contribution in [3.63, 3.8) is 0 Å². The van der Waals surface area contributed by atoms with Gasteiger partial charge in [-0.1, -0.05) is 6.07 Å². The van der Waals surface area contributed by atoms with E-state index in [1.165, 1.54) is 5.69 Å². The molecule has 2 rings (SSSR count). The lowest BCUT2D eigenvalue weighted by molar-refractivity contribution is 0.415. The standard InChI is InChI=1S/C16H20N2O/c1-12(2)18-11-14(8-13(18)3)10-17-15-6-5-7-16(9-15)19-4/h5-12H,1-4H3. The van der Waals surface area contributed by atoms with E-state index in [1.807, 2.05) is 30.5 Å². The van der Waals surface area contributed by atoms with Gasteiger partial charge in [0.2, 0.25) is 0 Å². The van der Waals surface area contributed by atoms with E-state index in [-0.39, 0.29) is 0 Å². The topological polar surface area (TPSA) is 26.5 Å². The Morgan fingerprint density at radius 1 is 1.26 bits per heavy atom. The third-order valence-corrected chi connectivity index (χ3v) is 3.04. The lowest BCUT2D eigenvalue weighted by Gasteiger charge is -2.08. The predicted molar refractivity (Wildman–Crippen MR) is 79.8 cm³/mol. The quantitative estimate of drug-likeness (QED) is 0.755. The van der Waals surface area contributed by atoms with E-state index in [2.05, 4.69) is 42.6 Å². The molecule has 19 heavy (non-hydrogen) atoms. The van der Waals surface area contributed by atoms with Crippen LogP contribution in [0.1, 0.15) is 31.1 Å². The van der Waals surface area contributed by atoms with Crippen LogP contribution < -0.4 is 4.74 Å². The molecular weight excluding hydrogens is 236 g/mol. The molecule has 0 fully saturated rings. The zero-order valence-corrected chi connectivity index (χ0v) is 11.9. The molecule has 1 aromatic heterocycles. The Bertz CT molecular complexity index is 582. The normalized spacial score (nSPS) is 11.4. The van der Waals surface area contributed by atoms with E-state index >= 15 is 0 Å². The van der Waals surface area contributed by atoms with Crippen molar-refractivity contribution in [2.24, 2.45) is 4.99 Å². The van der Waals surface area contributed by atoms with Gasteiger partial charge in [-0.15, -0.1) is 0 Å².